The van der Waals surface area contributed by atoms with Crippen molar-refractivity contribution in [2.24, 2.45) is 0 Å². The van der Waals surface area contributed by atoms with Crippen LogP contribution in [-0.4, -0.2) is 35.4 Å². The van der Waals surface area contributed by atoms with Crippen LogP contribution in [0.2, 0.25) is 0 Å². The molecule has 0 saturated carbocycles. The first-order valence-electron chi connectivity index (χ1n) is 8.78. The van der Waals surface area contributed by atoms with Gasteiger partial charge in [0.2, 0.25) is 5.78 Å². The number of nitrogens with zero attached hydrogens (tertiary/aromatic N) is 6. The molecule has 6 heteroatoms. The second-order valence-corrected chi connectivity index (χ2v) is 6.81. The number of rotatable bonds is 4. The molecule has 0 aliphatic carbocycles. The Kier molecular flexibility index (Phi) is 4.06. The molecule has 1 atom stereocenters. The van der Waals surface area contributed by atoms with Gasteiger partial charge in [-0.05, 0) is 39.3 Å². The molecule has 3 aromatic rings. The van der Waals surface area contributed by atoms with Crippen LogP contribution < -0.4 is 0 Å². The highest BCUT2D eigenvalue weighted by Gasteiger charge is 2.26. The standard InChI is InChI=1S/C18H24N6/c1-14(2)24-12-8-19-17(24)13-23-9-4-3-5-16(23)15-6-10-22-11-7-20-18(22)21-15/h6-8,10-12,14,16H,3-5,9,13H2,1-2H3. The van der Waals surface area contributed by atoms with Gasteiger partial charge in [-0.15, -0.1) is 0 Å². The van der Waals surface area contributed by atoms with Crippen LogP contribution in [0.4, 0.5) is 0 Å². The Morgan fingerprint density at radius 3 is 2.88 bits per heavy atom. The van der Waals surface area contributed by atoms with Gasteiger partial charge in [-0.3, -0.25) is 9.30 Å². The molecule has 126 valence electrons. The molecule has 1 fully saturated rings. The second kappa shape index (κ2) is 6.36. The predicted molar refractivity (Wildman–Crippen MR) is 92.6 cm³/mol. The fraction of sp³-hybridized carbons (Fsp3) is 0.500. The molecular weight excluding hydrogens is 300 g/mol. The molecule has 3 aromatic heterocycles. The van der Waals surface area contributed by atoms with Gasteiger partial charge < -0.3 is 4.57 Å². The first-order chi connectivity index (χ1) is 11.7. The lowest BCUT2D eigenvalue weighted by Crippen LogP contribution is -2.34. The van der Waals surface area contributed by atoms with Crippen LogP contribution in [0.1, 0.15) is 56.7 Å². The van der Waals surface area contributed by atoms with Gasteiger partial charge in [0.1, 0.15) is 5.82 Å². The van der Waals surface area contributed by atoms with Gasteiger partial charge in [0, 0.05) is 37.0 Å². The maximum Gasteiger partial charge on any atom is 0.233 e. The van der Waals surface area contributed by atoms with Crippen molar-refractivity contribution >= 4 is 5.78 Å². The van der Waals surface area contributed by atoms with E-state index in [1.807, 2.05) is 16.8 Å². The number of likely N-dealkylation sites (tertiary alicyclic amines) is 1. The van der Waals surface area contributed by atoms with E-state index in [0.29, 0.717) is 12.1 Å². The number of fused-ring (bicyclic) bond motifs is 1. The molecule has 0 radical (unpaired) electrons. The van der Waals surface area contributed by atoms with Crippen LogP contribution >= 0.6 is 0 Å². The van der Waals surface area contributed by atoms with Crippen molar-refractivity contribution < 1.29 is 0 Å². The summed E-state index contributed by atoms with van der Waals surface area (Å²) >= 11 is 0. The summed E-state index contributed by atoms with van der Waals surface area (Å²) < 4.78 is 4.22. The van der Waals surface area contributed by atoms with Crippen LogP contribution in [0.25, 0.3) is 5.78 Å². The molecule has 1 unspecified atom stereocenters. The fourth-order valence-electron chi connectivity index (χ4n) is 3.64. The Labute approximate surface area is 142 Å². The largest absolute Gasteiger partial charge is 0.331 e. The minimum Gasteiger partial charge on any atom is -0.331 e. The molecule has 0 N–H and O–H groups in total. The summed E-state index contributed by atoms with van der Waals surface area (Å²) in [5.41, 5.74) is 1.12. The van der Waals surface area contributed by atoms with E-state index in [2.05, 4.69) is 51.7 Å². The highest BCUT2D eigenvalue weighted by Crippen LogP contribution is 2.31. The summed E-state index contributed by atoms with van der Waals surface area (Å²) in [6.07, 6.45) is 13.4. The molecule has 0 bridgehead atoms. The third-order valence-corrected chi connectivity index (χ3v) is 4.89. The molecule has 0 aromatic carbocycles. The van der Waals surface area contributed by atoms with Crippen LogP contribution in [0.15, 0.2) is 37.1 Å². The normalized spacial score (nSPS) is 19.4. The van der Waals surface area contributed by atoms with E-state index < -0.39 is 0 Å². The number of imidazole rings is 2. The maximum atomic E-state index is 4.78. The maximum absolute atomic E-state index is 4.78. The summed E-state index contributed by atoms with van der Waals surface area (Å²) in [7, 11) is 0. The minimum atomic E-state index is 0.345. The average molecular weight is 324 g/mol. The molecule has 24 heavy (non-hydrogen) atoms. The first kappa shape index (κ1) is 15.3. The van der Waals surface area contributed by atoms with E-state index in [4.69, 9.17) is 4.98 Å². The second-order valence-electron chi connectivity index (χ2n) is 6.81. The molecule has 1 aliphatic heterocycles. The lowest BCUT2D eigenvalue weighted by Gasteiger charge is -2.35. The van der Waals surface area contributed by atoms with Gasteiger partial charge in [0.25, 0.3) is 0 Å². The van der Waals surface area contributed by atoms with E-state index in [1.165, 1.54) is 12.8 Å². The SMILES string of the molecule is CC(C)n1ccnc1CN1CCCCC1c1ccn2ccnc2n1. The van der Waals surface area contributed by atoms with Gasteiger partial charge >= 0.3 is 0 Å². The van der Waals surface area contributed by atoms with Crippen LogP contribution in [0.5, 0.6) is 0 Å². The van der Waals surface area contributed by atoms with E-state index in [-0.39, 0.29) is 0 Å². The van der Waals surface area contributed by atoms with Crippen LogP contribution in [0.3, 0.4) is 0 Å². The van der Waals surface area contributed by atoms with Gasteiger partial charge in [-0.1, -0.05) is 6.42 Å². The Morgan fingerprint density at radius 2 is 2.00 bits per heavy atom. The third-order valence-electron chi connectivity index (χ3n) is 4.89. The van der Waals surface area contributed by atoms with Crippen LogP contribution in [-0.2, 0) is 6.54 Å². The predicted octanol–water partition coefficient (Wildman–Crippen LogP) is 3.23. The van der Waals surface area contributed by atoms with E-state index in [1.54, 1.807) is 6.20 Å². The van der Waals surface area contributed by atoms with E-state index in [9.17, 15) is 0 Å². The topological polar surface area (TPSA) is 51.2 Å². The Bertz CT molecular complexity index is 818. The van der Waals surface area contributed by atoms with Crippen molar-refractivity contribution in [2.75, 3.05) is 6.54 Å². The van der Waals surface area contributed by atoms with Crippen molar-refractivity contribution in [3.8, 4) is 0 Å². The number of hydrogen-bond donors (Lipinski definition) is 0. The van der Waals surface area contributed by atoms with Gasteiger partial charge in [0.15, 0.2) is 0 Å². The molecule has 4 heterocycles. The van der Waals surface area contributed by atoms with Gasteiger partial charge in [-0.2, -0.15) is 0 Å². The highest BCUT2D eigenvalue weighted by atomic mass is 15.2. The van der Waals surface area contributed by atoms with Crippen molar-refractivity contribution in [3.63, 3.8) is 0 Å². The van der Waals surface area contributed by atoms with E-state index >= 15 is 0 Å². The quantitative estimate of drug-likeness (QED) is 0.739. The number of aromatic nitrogens is 5. The minimum absolute atomic E-state index is 0.345. The molecular formula is C18H24N6. The van der Waals surface area contributed by atoms with Crippen molar-refractivity contribution in [3.05, 3.63) is 48.6 Å². The molecule has 1 saturated heterocycles. The summed E-state index contributed by atoms with van der Waals surface area (Å²) in [4.78, 5) is 16.2. The zero-order chi connectivity index (χ0) is 16.5. The Balaban J connectivity index is 1.61. The zero-order valence-electron chi connectivity index (χ0n) is 14.3. The number of hydrogen-bond acceptors (Lipinski definition) is 4. The lowest BCUT2D eigenvalue weighted by atomic mass is 9.99. The summed E-state index contributed by atoms with van der Waals surface area (Å²) in [6.45, 7) is 6.37. The van der Waals surface area contributed by atoms with Gasteiger partial charge in [0.05, 0.1) is 18.3 Å². The third kappa shape index (κ3) is 2.82. The van der Waals surface area contributed by atoms with Crippen LogP contribution in [0, 0.1) is 0 Å². The van der Waals surface area contributed by atoms with Crippen molar-refractivity contribution in [2.45, 2.75) is 51.7 Å². The number of piperidine rings is 1. The van der Waals surface area contributed by atoms with E-state index in [0.717, 1.165) is 36.8 Å². The first-order valence-corrected chi connectivity index (χ1v) is 8.78. The molecule has 1 aliphatic rings. The molecule has 0 spiro atoms. The molecule has 4 rings (SSSR count). The van der Waals surface area contributed by atoms with Crippen molar-refractivity contribution in [1.29, 1.82) is 0 Å². The monoisotopic (exact) mass is 324 g/mol. The Morgan fingerprint density at radius 1 is 1.12 bits per heavy atom. The summed E-state index contributed by atoms with van der Waals surface area (Å²) in [5, 5.41) is 0. The summed E-state index contributed by atoms with van der Waals surface area (Å²) in [6, 6.07) is 2.91. The zero-order valence-corrected chi connectivity index (χ0v) is 14.3. The van der Waals surface area contributed by atoms with Crippen molar-refractivity contribution in [1.82, 2.24) is 28.8 Å². The van der Waals surface area contributed by atoms with Gasteiger partial charge in [-0.25, -0.2) is 15.0 Å². The molecule has 0 amide bonds. The lowest BCUT2D eigenvalue weighted by molar-refractivity contribution is 0.131. The summed E-state index contributed by atoms with van der Waals surface area (Å²) in [5.74, 6) is 1.92. The Hall–Kier alpha value is -2.21. The molecule has 6 nitrogen and oxygen atoms in total. The fourth-order valence-corrected chi connectivity index (χ4v) is 3.64. The highest BCUT2D eigenvalue weighted by molar-refractivity contribution is 5.30. The average Bonchev–Trinajstić information content (AvgIpc) is 3.23. The smallest absolute Gasteiger partial charge is 0.233 e.